The zero-order valence-corrected chi connectivity index (χ0v) is 15.3. The Morgan fingerprint density at radius 3 is 2.54 bits per heavy atom. The second-order valence-electron chi connectivity index (χ2n) is 7.55. The van der Waals surface area contributed by atoms with E-state index in [1.54, 1.807) is 6.07 Å². The normalized spacial score (nSPS) is 20.4. The van der Waals surface area contributed by atoms with E-state index in [2.05, 4.69) is 46.2 Å². The van der Waals surface area contributed by atoms with Gasteiger partial charge in [-0.15, -0.1) is 0 Å². The minimum absolute atomic E-state index is 0.00953. The summed E-state index contributed by atoms with van der Waals surface area (Å²) in [5.74, 6) is 0.358. The highest BCUT2D eigenvalue weighted by Gasteiger charge is 2.39. The zero-order chi connectivity index (χ0) is 17.8. The van der Waals surface area contributed by atoms with Crippen molar-refractivity contribution in [2.24, 2.45) is 0 Å². The molecule has 2 aliphatic rings. The van der Waals surface area contributed by atoms with Gasteiger partial charge >= 0.3 is 0 Å². The van der Waals surface area contributed by atoms with E-state index in [1.807, 2.05) is 12.1 Å². The van der Waals surface area contributed by atoms with Crippen LogP contribution in [0.2, 0.25) is 0 Å². The van der Waals surface area contributed by atoms with Crippen LogP contribution in [0.5, 0.6) is 5.75 Å². The van der Waals surface area contributed by atoms with Crippen LogP contribution in [0.3, 0.4) is 0 Å². The lowest BCUT2D eigenvalue weighted by molar-refractivity contribution is -0.0909. The van der Waals surface area contributed by atoms with Crippen molar-refractivity contribution in [3.8, 4) is 5.75 Å². The molecule has 0 atom stereocenters. The van der Waals surface area contributed by atoms with Gasteiger partial charge in [-0.25, -0.2) is 0 Å². The molecule has 4 nitrogen and oxygen atoms in total. The number of phenolic OH excluding ortho intramolecular Hbond substituents is 1. The smallest absolute Gasteiger partial charge is 0.115 e. The average Bonchev–Trinajstić information content (AvgIpc) is 2.69. The lowest BCUT2D eigenvalue weighted by Gasteiger charge is -2.48. The third-order valence-corrected chi connectivity index (χ3v) is 5.76. The Bertz CT molecular complexity index is 711. The predicted molar refractivity (Wildman–Crippen MR) is 105 cm³/mol. The number of ether oxygens (including phenoxy) is 1. The fourth-order valence-electron chi connectivity index (χ4n) is 4.19. The summed E-state index contributed by atoms with van der Waals surface area (Å²) in [6.45, 7) is 6.01. The number of likely N-dealkylation sites (tertiary alicyclic amines) is 1. The van der Waals surface area contributed by atoms with E-state index >= 15 is 0 Å². The Labute approximate surface area is 156 Å². The summed E-state index contributed by atoms with van der Waals surface area (Å²) in [4.78, 5) is 5.01. The molecule has 0 radical (unpaired) electrons. The van der Waals surface area contributed by atoms with Crippen LogP contribution in [0, 0.1) is 0 Å². The molecule has 2 saturated heterocycles. The second kappa shape index (κ2) is 7.68. The minimum atomic E-state index is 0.00953. The van der Waals surface area contributed by atoms with E-state index in [4.69, 9.17) is 4.74 Å². The molecular weight excluding hydrogens is 324 g/mol. The van der Waals surface area contributed by atoms with Crippen LogP contribution in [0.1, 0.15) is 18.4 Å². The molecule has 0 aliphatic carbocycles. The Kier molecular flexibility index (Phi) is 5.14. The largest absolute Gasteiger partial charge is 0.508 e. The zero-order valence-electron chi connectivity index (χ0n) is 15.3. The Morgan fingerprint density at radius 1 is 0.962 bits per heavy atom. The molecule has 2 aliphatic heterocycles. The molecule has 1 spiro atoms. The summed E-state index contributed by atoms with van der Waals surface area (Å²) in [6, 6.07) is 18.3. The summed E-state index contributed by atoms with van der Waals surface area (Å²) in [6.07, 6.45) is 3.17. The number of hydrogen-bond donors (Lipinski definition) is 1. The maximum absolute atomic E-state index is 9.60. The van der Waals surface area contributed by atoms with Crippen molar-refractivity contribution in [1.29, 1.82) is 0 Å². The highest BCUT2D eigenvalue weighted by molar-refractivity contribution is 5.46. The molecular formula is C22H28N2O2. The van der Waals surface area contributed by atoms with Gasteiger partial charge in [0.05, 0.1) is 12.2 Å². The molecule has 0 bridgehead atoms. The number of benzene rings is 2. The van der Waals surface area contributed by atoms with Crippen LogP contribution < -0.4 is 4.90 Å². The van der Waals surface area contributed by atoms with Crippen LogP contribution in [0.25, 0.3) is 0 Å². The lowest BCUT2D eigenvalue weighted by Crippen LogP contribution is -2.57. The molecule has 2 aromatic carbocycles. The molecule has 26 heavy (non-hydrogen) atoms. The third-order valence-electron chi connectivity index (χ3n) is 5.76. The molecule has 138 valence electrons. The van der Waals surface area contributed by atoms with Crippen LogP contribution in [-0.4, -0.2) is 54.9 Å². The summed E-state index contributed by atoms with van der Waals surface area (Å²) < 4.78 is 6.28. The van der Waals surface area contributed by atoms with Gasteiger partial charge in [-0.05, 0) is 49.1 Å². The Morgan fingerprint density at radius 2 is 1.77 bits per heavy atom. The van der Waals surface area contributed by atoms with Crippen molar-refractivity contribution >= 4 is 5.69 Å². The number of hydrogen-bond acceptors (Lipinski definition) is 4. The molecule has 0 aromatic heterocycles. The van der Waals surface area contributed by atoms with Gasteiger partial charge in [0.1, 0.15) is 5.75 Å². The fraction of sp³-hybridized carbons (Fsp3) is 0.455. The second-order valence-corrected chi connectivity index (χ2v) is 7.55. The van der Waals surface area contributed by atoms with E-state index < -0.39 is 0 Å². The van der Waals surface area contributed by atoms with Gasteiger partial charge in [0.25, 0.3) is 0 Å². The van der Waals surface area contributed by atoms with E-state index in [9.17, 15) is 5.11 Å². The fourth-order valence-corrected chi connectivity index (χ4v) is 4.19. The van der Waals surface area contributed by atoms with Crippen LogP contribution in [-0.2, 0) is 11.2 Å². The standard InChI is InChI=1S/C22H28N2O2/c25-21-8-4-5-19(17-21)9-12-23-13-10-22(11-14-23)18-24(15-16-26-22)20-6-2-1-3-7-20/h1-8,17,25H,9-16,18H2. The van der Waals surface area contributed by atoms with Gasteiger partial charge in [0, 0.05) is 38.4 Å². The minimum Gasteiger partial charge on any atom is -0.508 e. The topological polar surface area (TPSA) is 35.9 Å². The van der Waals surface area contributed by atoms with Gasteiger partial charge in [0.2, 0.25) is 0 Å². The Balaban J connectivity index is 1.31. The maximum Gasteiger partial charge on any atom is 0.115 e. The van der Waals surface area contributed by atoms with Crippen molar-refractivity contribution in [1.82, 2.24) is 4.90 Å². The third kappa shape index (κ3) is 4.02. The van der Waals surface area contributed by atoms with Gasteiger partial charge in [-0.3, -0.25) is 0 Å². The first kappa shape index (κ1) is 17.4. The molecule has 0 saturated carbocycles. The lowest BCUT2D eigenvalue weighted by atomic mass is 9.89. The van der Waals surface area contributed by atoms with Gasteiger partial charge < -0.3 is 19.6 Å². The molecule has 0 amide bonds. The monoisotopic (exact) mass is 352 g/mol. The van der Waals surface area contributed by atoms with Gasteiger partial charge in [-0.1, -0.05) is 30.3 Å². The molecule has 0 unspecified atom stereocenters. The van der Waals surface area contributed by atoms with Crippen molar-refractivity contribution in [3.05, 3.63) is 60.2 Å². The summed E-state index contributed by atoms with van der Waals surface area (Å²) in [5.41, 5.74) is 2.52. The van der Waals surface area contributed by atoms with E-state index in [0.29, 0.717) is 5.75 Å². The first-order chi connectivity index (χ1) is 12.7. The summed E-state index contributed by atoms with van der Waals surface area (Å²) in [7, 11) is 0. The van der Waals surface area contributed by atoms with Gasteiger partial charge in [0.15, 0.2) is 0 Å². The molecule has 4 heteroatoms. The predicted octanol–water partition coefficient (Wildman–Crippen LogP) is 3.31. The van der Waals surface area contributed by atoms with Crippen LogP contribution in [0.4, 0.5) is 5.69 Å². The van der Waals surface area contributed by atoms with Crippen LogP contribution >= 0.6 is 0 Å². The van der Waals surface area contributed by atoms with E-state index in [-0.39, 0.29) is 5.60 Å². The SMILES string of the molecule is Oc1cccc(CCN2CCC3(CC2)CN(c2ccccc2)CCO3)c1. The highest BCUT2D eigenvalue weighted by Crippen LogP contribution is 2.32. The maximum atomic E-state index is 9.60. The Hall–Kier alpha value is -2.04. The molecule has 4 rings (SSSR count). The van der Waals surface area contributed by atoms with Crippen molar-refractivity contribution < 1.29 is 9.84 Å². The van der Waals surface area contributed by atoms with Crippen molar-refractivity contribution in [3.63, 3.8) is 0 Å². The number of phenols is 1. The number of para-hydroxylation sites is 1. The molecule has 2 fully saturated rings. The van der Waals surface area contributed by atoms with Crippen molar-refractivity contribution in [2.45, 2.75) is 24.9 Å². The van der Waals surface area contributed by atoms with Gasteiger partial charge in [-0.2, -0.15) is 0 Å². The number of nitrogens with zero attached hydrogens (tertiary/aromatic N) is 2. The van der Waals surface area contributed by atoms with Crippen molar-refractivity contribution in [2.75, 3.05) is 44.2 Å². The molecule has 1 N–H and O–H groups in total. The van der Waals surface area contributed by atoms with E-state index in [0.717, 1.165) is 58.6 Å². The average molecular weight is 352 g/mol. The molecule has 2 aromatic rings. The number of morpholine rings is 1. The summed E-state index contributed by atoms with van der Waals surface area (Å²) in [5, 5.41) is 9.60. The van der Waals surface area contributed by atoms with Crippen LogP contribution in [0.15, 0.2) is 54.6 Å². The quantitative estimate of drug-likeness (QED) is 0.916. The first-order valence-electron chi connectivity index (χ1n) is 9.67. The first-order valence-corrected chi connectivity index (χ1v) is 9.67. The number of rotatable bonds is 4. The molecule has 2 heterocycles. The number of anilines is 1. The summed E-state index contributed by atoms with van der Waals surface area (Å²) >= 11 is 0. The highest BCUT2D eigenvalue weighted by atomic mass is 16.5. The number of piperidine rings is 1. The number of aromatic hydroxyl groups is 1. The van der Waals surface area contributed by atoms with E-state index in [1.165, 1.54) is 11.3 Å².